The number of carboxylic acid groups (broad SMARTS) is 1. The SMILES string of the molecule is CC(C)(CCNC(=O)OCC1c2ccccc2-c2ccccc21)C(=O)NCCCC(=O)O. The second-order valence-corrected chi connectivity index (χ2v) is 8.64. The van der Waals surface area contributed by atoms with E-state index in [1.165, 1.54) is 11.1 Å². The van der Waals surface area contributed by atoms with Crippen molar-refractivity contribution in [3.8, 4) is 11.1 Å². The van der Waals surface area contributed by atoms with Crippen LogP contribution in [0.15, 0.2) is 48.5 Å². The molecule has 0 saturated heterocycles. The minimum Gasteiger partial charge on any atom is -0.481 e. The van der Waals surface area contributed by atoms with Gasteiger partial charge < -0.3 is 20.5 Å². The molecule has 2 aromatic carbocycles. The van der Waals surface area contributed by atoms with Gasteiger partial charge in [0, 0.05) is 30.8 Å². The number of hydrogen-bond donors (Lipinski definition) is 3. The van der Waals surface area contributed by atoms with E-state index in [0.29, 0.717) is 25.9 Å². The lowest BCUT2D eigenvalue weighted by Gasteiger charge is -2.23. The highest BCUT2D eigenvalue weighted by atomic mass is 16.5. The fraction of sp³-hybridized carbons (Fsp3) is 0.400. The average Bonchev–Trinajstić information content (AvgIpc) is 3.08. The Kier molecular flexibility index (Phi) is 7.51. The van der Waals surface area contributed by atoms with Crippen molar-refractivity contribution in [2.45, 2.75) is 39.0 Å². The molecule has 3 rings (SSSR count). The average molecular weight is 439 g/mol. The van der Waals surface area contributed by atoms with Crippen molar-refractivity contribution >= 4 is 18.0 Å². The normalized spacial score (nSPS) is 12.6. The molecule has 1 aliphatic carbocycles. The van der Waals surface area contributed by atoms with E-state index in [1.54, 1.807) is 13.8 Å². The van der Waals surface area contributed by atoms with E-state index in [9.17, 15) is 14.4 Å². The number of rotatable bonds is 10. The van der Waals surface area contributed by atoms with E-state index in [-0.39, 0.29) is 24.9 Å². The number of ether oxygens (including phenoxy) is 1. The van der Waals surface area contributed by atoms with E-state index >= 15 is 0 Å². The fourth-order valence-corrected chi connectivity index (χ4v) is 3.92. The Bertz CT molecular complexity index is 940. The maximum Gasteiger partial charge on any atom is 0.407 e. The van der Waals surface area contributed by atoms with Crippen molar-refractivity contribution in [3.05, 3.63) is 59.7 Å². The Hall–Kier alpha value is -3.35. The first kappa shape index (κ1) is 23.3. The van der Waals surface area contributed by atoms with Crippen LogP contribution in [0.3, 0.4) is 0 Å². The van der Waals surface area contributed by atoms with Gasteiger partial charge in [0.1, 0.15) is 6.61 Å². The molecule has 170 valence electrons. The monoisotopic (exact) mass is 438 g/mol. The molecule has 0 aromatic heterocycles. The summed E-state index contributed by atoms with van der Waals surface area (Å²) in [6.07, 6.45) is 0.325. The summed E-state index contributed by atoms with van der Waals surface area (Å²) in [5, 5.41) is 14.1. The molecule has 2 aromatic rings. The Morgan fingerprint density at radius 3 is 2.12 bits per heavy atom. The van der Waals surface area contributed by atoms with Crippen LogP contribution in [-0.4, -0.2) is 42.8 Å². The van der Waals surface area contributed by atoms with Crippen LogP contribution in [0.2, 0.25) is 0 Å². The van der Waals surface area contributed by atoms with Gasteiger partial charge in [0.25, 0.3) is 0 Å². The van der Waals surface area contributed by atoms with E-state index in [4.69, 9.17) is 9.84 Å². The molecule has 0 unspecified atom stereocenters. The Balaban J connectivity index is 1.45. The lowest BCUT2D eigenvalue weighted by atomic mass is 9.88. The third kappa shape index (κ3) is 5.66. The van der Waals surface area contributed by atoms with Crippen LogP contribution < -0.4 is 10.6 Å². The lowest BCUT2D eigenvalue weighted by molar-refractivity contribution is -0.137. The van der Waals surface area contributed by atoms with Crippen LogP contribution in [0, 0.1) is 5.41 Å². The van der Waals surface area contributed by atoms with Gasteiger partial charge in [0.05, 0.1) is 0 Å². The number of fused-ring (bicyclic) bond motifs is 3. The first-order valence-corrected chi connectivity index (χ1v) is 10.9. The van der Waals surface area contributed by atoms with Crippen LogP contribution >= 0.6 is 0 Å². The van der Waals surface area contributed by atoms with Gasteiger partial charge in [-0.2, -0.15) is 0 Å². The largest absolute Gasteiger partial charge is 0.481 e. The molecule has 0 bridgehead atoms. The molecule has 0 heterocycles. The standard InChI is InChI=1S/C25H30N2O5/c1-25(2,23(30)26-14-7-12-22(28)29)13-15-27-24(31)32-16-21-19-10-5-3-8-17(19)18-9-4-6-11-20(18)21/h3-6,8-11,21H,7,12-16H2,1-2H3,(H,26,30)(H,27,31)(H,28,29). The number of carbonyl (C=O) groups is 3. The maximum absolute atomic E-state index is 12.3. The molecule has 7 heteroatoms. The molecule has 0 aliphatic heterocycles. The van der Waals surface area contributed by atoms with E-state index < -0.39 is 17.5 Å². The van der Waals surface area contributed by atoms with E-state index in [2.05, 4.69) is 34.9 Å². The molecular formula is C25H30N2O5. The van der Waals surface area contributed by atoms with Crippen molar-refractivity contribution in [1.29, 1.82) is 0 Å². The summed E-state index contributed by atoms with van der Waals surface area (Å²) >= 11 is 0. The van der Waals surface area contributed by atoms with Crippen LogP contribution in [0.1, 0.15) is 50.2 Å². The van der Waals surface area contributed by atoms with Crippen molar-refractivity contribution in [2.75, 3.05) is 19.7 Å². The molecule has 7 nitrogen and oxygen atoms in total. The minimum atomic E-state index is -0.884. The summed E-state index contributed by atoms with van der Waals surface area (Å²) in [5.41, 5.74) is 3.96. The van der Waals surface area contributed by atoms with Gasteiger partial charge in [-0.3, -0.25) is 9.59 Å². The minimum absolute atomic E-state index is 0.00108. The third-order valence-electron chi connectivity index (χ3n) is 5.83. The van der Waals surface area contributed by atoms with Crippen LogP contribution in [0.5, 0.6) is 0 Å². The topological polar surface area (TPSA) is 105 Å². The van der Waals surface area contributed by atoms with Crippen LogP contribution in [0.4, 0.5) is 4.79 Å². The zero-order valence-corrected chi connectivity index (χ0v) is 18.5. The smallest absolute Gasteiger partial charge is 0.407 e. The van der Waals surface area contributed by atoms with E-state index in [0.717, 1.165) is 11.1 Å². The number of amides is 2. The van der Waals surface area contributed by atoms with Crippen molar-refractivity contribution in [2.24, 2.45) is 5.41 Å². The Morgan fingerprint density at radius 1 is 0.938 bits per heavy atom. The maximum atomic E-state index is 12.3. The zero-order valence-electron chi connectivity index (χ0n) is 18.5. The summed E-state index contributed by atoms with van der Waals surface area (Å²) in [6.45, 7) is 4.44. The predicted molar refractivity (Wildman–Crippen MR) is 121 cm³/mol. The number of nitrogens with one attached hydrogen (secondary N) is 2. The quantitative estimate of drug-likeness (QED) is 0.488. The Morgan fingerprint density at radius 2 is 1.53 bits per heavy atom. The van der Waals surface area contributed by atoms with Gasteiger partial charge in [-0.05, 0) is 35.1 Å². The first-order valence-electron chi connectivity index (χ1n) is 10.9. The summed E-state index contributed by atoms with van der Waals surface area (Å²) < 4.78 is 5.51. The van der Waals surface area contributed by atoms with Crippen molar-refractivity contribution in [1.82, 2.24) is 10.6 Å². The summed E-state index contributed by atoms with van der Waals surface area (Å²) in [5.74, 6) is -1.05. The van der Waals surface area contributed by atoms with Gasteiger partial charge in [0.2, 0.25) is 5.91 Å². The van der Waals surface area contributed by atoms with E-state index in [1.807, 2.05) is 24.3 Å². The van der Waals surface area contributed by atoms with Gasteiger partial charge in [-0.25, -0.2) is 4.79 Å². The number of benzene rings is 2. The molecule has 0 radical (unpaired) electrons. The molecule has 0 saturated carbocycles. The summed E-state index contributed by atoms with van der Waals surface area (Å²) in [4.78, 5) is 35.1. The Labute approximate surface area is 188 Å². The second-order valence-electron chi connectivity index (χ2n) is 8.64. The molecule has 3 N–H and O–H groups in total. The molecule has 0 fully saturated rings. The second kappa shape index (κ2) is 10.3. The van der Waals surface area contributed by atoms with Gasteiger partial charge in [0.15, 0.2) is 0 Å². The highest BCUT2D eigenvalue weighted by molar-refractivity contribution is 5.82. The highest BCUT2D eigenvalue weighted by Crippen LogP contribution is 2.44. The molecular weight excluding hydrogens is 408 g/mol. The third-order valence-corrected chi connectivity index (χ3v) is 5.83. The molecule has 32 heavy (non-hydrogen) atoms. The number of alkyl carbamates (subject to hydrolysis) is 1. The molecule has 0 atom stereocenters. The number of hydrogen-bond acceptors (Lipinski definition) is 4. The zero-order chi connectivity index (χ0) is 23.1. The van der Waals surface area contributed by atoms with Gasteiger partial charge in [-0.1, -0.05) is 62.4 Å². The van der Waals surface area contributed by atoms with Crippen LogP contribution in [0.25, 0.3) is 11.1 Å². The predicted octanol–water partition coefficient (Wildman–Crippen LogP) is 3.92. The van der Waals surface area contributed by atoms with Crippen LogP contribution in [-0.2, 0) is 14.3 Å². The number of carbonyl (C=O) groups excluding carboxylic acids is 2. The summed E-state index contributed by atoms with van der Waals surface area (Å²) in [6, 6.07) is 16.3. The molecule has 0 spiro atoms. The number of aliphatic carboxylic acids is 1. The highest BCUT2D eigenvalue weighted by Gasteiger charge is 2.30. The number of carboxylic acids is 1. The molecule has 2 amide bonds. The van der Waals surface area contributed by atoms with Crippen molar-refractivity contribution < 1.29 is 24.2 Å². The van der Waals surface area contributed by atoms with Gasteiger partial charge >= 0.3 is 12.1 Å². The fourth-order valence-electron chi connectivity index (χ4n) is 3.92. The summed E-state index contributed by atoms with van der Waals surface area (Å²) in [7, 11) is 0. The molecule has 1 aliphatic rings. The lowest BCUT2D eigenvalue weighted by Crippen LogP contribution is -2.40. The first-order chi connectivity index (χ1) is 15.3. The van der Waals surface area contributed by atoms with Gasteiger partial charge in [-0.15, -0.1) is 0 Å². The van der Waals surface area contributed by atoms with Crippen molar-refractivity contribution in [3.63, 3.8) is 0 Å².